The SMILES string of the molecule is CC1(C)c2ccccc2-c2c1ccc1c2c2ccccc2n1-c1ccc2c(c1)c1ccccc1n2-c1cc(-c2ccccc2)cc(-c2ccccc2)c1. The van der Waals surface area contributed by atoms with E-state index in [-0.39, 0.29) is 5.41 Å². The van der Waals surface area contributed by atoms with E-state index in [4.69, 9.17) is 0 Å². The van der Waals surface area contributed by atoms with Gasteiger partial charge in [0.05, 0.1) is 22.1 Å². The number of para-hydroxylation sites is 2. The Labute approximate surface area is 308 Å². The van der Waals surface area contributed by atoms with Crippen molar-refractivity contribution in [2.75, 3.05) is 0 Å². The molecule has 2 heterocycles. The molecule has 11 rings (SSSR count). The molecule has 0 saturated heterocycles. The smallest absolute Gasteiger partial charge is 0.0547 e. The molecular weight excluding hydrogens is 641 g/mol. The number of nitrogens with zero attached hydrogens (tertiary/aromatic N) is 2. The summed E-state index contributed by atoms with van der Waals surface area (Å²) in [6.07, 6.45) is 0. The van der Waals surface area contributed by atoms with E-state index in [1.807, 2.05) is 0 Å². The molecule has 0 atom stereocenters. The van der Waals surface area contributed by atoms with E-state index in [1.54, 1.807) is 0 Å². The summed E-state index contributed by atoms with van der Waals surface area (Å²) in [5, 5.41) is 5.11. The molecule has 0 bridgehead atoms. The highest BCUT2D eigenvalue weighted by molar-refractivity contribution is 6.18. The molecule has 2 aromatic heterocycles. The summed E-state index contributed by atoms with van der Waals surface area (Å²) in [6.45, 7) is 4.73. The Morgan fingerprint density at radius 1 is 0.358 bits per heavy atom. The maximum absolute atomic E-state index is 2.48. The molecule has 8 aromatic carbocycles. The first-order chi connectivity index (χ1) is 26.1. The number of aromatic nitrogens is 2. The second-order valence-electron chi connectivity index (χ2n) is 15.0. The third kappa shape index (κ3) is 4.33. The molecule has 0 N–H and O–H groups in total. The van der Waals surface area contributed by atoms with Gasteiger partial charge in [0.15, 0.2) is 0 Å². The predicted molar refractivity (Wildman–Crippen MR) is 224 cm³/mol. The summed E-state index contributed by atoms with van der Waals surface area (Å²) in [7, 11) is 0. The fourth-order valence-electron chi connectivity index (χ4n) is 9.24. The standard InChI is InChI=1S/C51H36N2/c1-51(2)43-22-12-9-20-40(43)49-44(51)26-28-48-50(49)41-21-11-14-24-46(41)52(48)37-25-27-47-42(32-37)39-19-10-13-23-45(39)53(47)38-30-35(33-15-5-3-6-16-33)29-36(31-38)34-17-7-4-8-18-34/h3-32H,1-2H3. The second kappa shape index (κ2) is 11.2. The quantitative estimate of drug-likeness (QED) is 0.176. The molecule has 10 aromatic rings. The van der Waals surface area contributed by atoms with Crippen molar-refractivity contribution >= 4 is 43.6 Å². The van der Waals surface area contributed by atoms with Crippen molar-refractivity contribution in [1.29, 1.82) is 0 Å². The summed E-state index contributed by atoms with van der Waals surface area (Å²) < 4.78 is 4.93. The van der Waals surface area contributed by atoms with Gasteiger partial charge in [-0.3, -0.25) is 0 Å². The monoisotopic (exact) mass is 676 g/mol. The normalized spacial score (nSPS) is 13.2. The summed E-state index contributed by atoms with van der Waals surface area (Å²) in [6, 6.07) is 67.0. The Bertz CT molecular complexity index is 3010. The summed E-state index contributed by atoms with van der Waals surface area (Å²) in [4.78, 5) is 0. The van der Waals surface area contributed by atoms with Crippen LogP contribution in [-0.4, -0.2) is 9.13 Å². The number of fused-ring (bicyclic) bond motifs is 10. The van der Waals surface area contributed by atoms with Crippen LogP contribution in [0.15, 0.2) is 182 Å². The summed E-state index contributed by atoms with van der Waals surface area (Å²) >= 11 is 0. The average Bonchev–Trinajstić information content (AvgIpc) is 3.81. The molecule has 1 aliphatic rings. The first kappa shape index (κ1) is 30.0. The van der Waals surface area contributed by atoms with Crippen molar-refractivity contribution < 1.29 is 0 Å². The first-order valence-corrected chi connectivity index (χ1v) is 18.5. The van der Waals surface area contributed by atoms with Gasteiger partial charge in [-0.2, -0.15) is 0 Å². The summed E-state index contributed by atoms with van der Waals surface area (Å²) in [5.41, 5.74) is 17.5. The van der Waals surface area contributed by atoms with Crippen LogP contribution in [0.5, 0.6) is 0 Å². The molecule has 2 heteroatoms. The van der Waals surface area contributed by atoms with E-state index >= 15 is 0 Å². The fraction of sp³-hybridized carbons (Fsp3) is 0.0588. The molecule has 0 aliphatic heterocycles. The second-order valence-corrected chi connectivity index (χ2v) is 15.0. The van der Waals surface area contributed by atoms with Gasteiger partial charge >= 0.3 is 0 Å². The van der Waals surface area contributed by atoms with E-state index in [0.717, 1.165) is 5.69 Å². The zero-order valence-corrected chi connectivity index (χ0v) is 29.7. The average molecular weight is 677 g/mol. The number of hydrogen-bond donors (Lipinski definition) is 0. The zero-order valence-electron chi connectivity index (χ0n) is 29.7. The van der Waals surface area contributed by atoms with E-state index in [1.165, 1.54) is 93.8 Å². The van der Waals surface area contributed by atoms with E-state index in [9.17, 15) is 0 Å². The lowest BCUT2D eigenvalue weighted by Crippen LogP contribution is -2.14. The Morgan fingerprint density at radius 3 is 1.62 bits per heavy atom. The van der Waals surface area contributed by atoms with Crippen molar-refractivity contribution in [2.24, 2.45) is 0 Å². The lowest BCUT2D eigenvalue weighted by atomic mass is 9.82. The van der Waals surface area contributed by atoms with Gasteiger partial charge in [-0.15, -0.1) is 0 Å². The molecule has 0 radical (unpaired) electrons. The Kier molecular flexibility index (Phi) is 6.33. The maximum Gasteiger partial charge on any atom is 0.0547 e. The predicted octanol–water partition coefficient (Wildman–Crippen LogP) is 13.5. The highest BCUT2D eigenvalue weighted by Crippen LogP contribution is 2.53. The maximum atomic E-state index is 2.48. The molecule has 0 amide bonds. The van der Waals surface area contributed by atoms with Gasteiger partial charge in [0.2, 0.25) is 0 Å². The molecule has 2 nitrogen and oxygen atoms in total. The van der Waals surface area contributed by atoms with Gasteiger partial charge in [-0.1, -0.05) is 141 Å². The van der Waals surface area contributed by atoms with Crippen molar-refractivity contribution in [3.8, 4) is 44.8 Å². The molecule has 0 fully saturated rings. The molecule has 0 spiro atoms. The third-order valence-electron chi connectivity index (χ3n) is 11.7. The minimum atomic E-state index is -0.0533. The molecule has 1 aliphatic carbocycles. The highest BCUT2D eigenvalue weighted by Gasteiger charge is 2.37. The fourth-order valence-corrected chi connectivity index (χ4v) is 9.24. The Morgan fingerprint density at radius 2 is 0.906 bits per heavy atom. The minimum Gasteiger partial charge on any atom is -0.309 e. The zero-order chi connectivity index (χ0) is 35.3. The largest absolute Gasteiger partial charge is 0.309 e. The van der Waals surface area contributed by atoms with E-state index < -0.39 is 0 Å². The Balaban J connectivity index is 1.17. The lowest BCUT2D eigenvalue weighted by Gasteiger charge is -2.21. The molecular formula is C51H36N2. The van der Waals surface area contributed by atoms with Gasteiger partial charge in [-0.05, 0) is 99.1 Å². The van der Waals surface area contributed by atoms with Gasteiger partial charge < -0.3 is 9.13 Å². The van der Waals surface area contributed by atoms with Crippen molar-refractivity contribution in [2.45, 2.75) is 19.3 Å². The lowest BCUT2D eigenvalue weighted by molar-refractivity contribution is 0.661. The van der Waals surface area contributed by atoms with Crippen LogP contribution in [-0.2, 0) is 5.41 Å². The van der Waals surface area contributed by atoms with Crippen molar-refractivity contribution in [1.82, 2.24) is 9.13 Å². The van der Waals surface area contributed by atoms with Crippen LogP contribution in [0.2, 0.25) is 0 Å². The third-order valence-corrected chi connectivity index (χ3v) is 11.7. The van der Waals surface area contributed by atoms with Crippen LogP contribution in [0.1, 0.15) is 25.0 Å². The van der Waals surface area contributed by atoms with Gasteiger partial charge in [0.25, 0.3) is 0 Å². The number of hydrogen-bond acceptors (Lipinski definition) is 0. The van der Waals surface area contributed by atoms with Crippen molar-refractivity contribution in [3.05, 3.63) is 193 Å². The van der Waals surface area contributed by atoms with Crippen LogP contribution in [0.25, 0.3) is 88.4 Å². The molecule has 250 valence electrons. The van der Waals surface area contributed by atoms with Crippen LogP contribution >= 0.6 is 0 Å². The topological polar surface area (TPSA) is 9.86 Å². The summed E-state index contributed by atoms with van der Waals surface area (Å²) in [5.74, 6) is 0. The van der Waals surface area contributed by atoms with Gasteiger partial charge in [-0.25, -0.2) is 0 Å². The molecule has 0 saturated carbocycles. The molecule has 0 unspecified atom stereocenters. The van der Waals surface area contributed by atoms with Crippen LogP contribution in [0.4, 0.5) is 0 Å². The highest BCUT2D eigenvalue weighted by atomic mass is 15.0. The van der Waals surface area contributed by atoms with Crippen LogP contribution < -0.4 is 0 Å². The van der Waals surface area contributed by atoms with E-state index in [2.05, 4.69) is 205 Å². The van der Waals surface area contributed by atoms with Gasteiger partial charge in [0.1, 0.15) is 0 Å². The van der Waals surface area contributed by atoms with Crippen LogP contribution in [0, 0.1) is 0 Å². The van der Waals surface area contributed by atoms with Gasteiger partial charge in [0, 0.05) is 38.3 Å². The van der Waals surface area contributed by atoms with E-state index in [0.29, 0.717) is 0 Å². The first-order valence-electron chi connectivity index (χ1n) is 18.5. The number of benzene rings is 8. The Hall–Kier alpha value is -6.64. The van der Waals surface area contributed by atoms with Crippen molar-refractivity contribution in [3.63, 3.8) is 0 Å². The molecule has 53 heavy (non-hydrogen) atoms. The minimum absolute atomic E-state index is 0.0533. The number of rotatable bonds is 4. The van der Waals surface area contributed by atoms with Crippen LogP contribution in [0.3, 0.4) is 0 Å².